The number of aryl methyl sites for hydroxylation is 1. The fourth-order valence-corrected chi connectivity index (χ4v) is 2.00. The second kappa shape index (κ2) is 4.02. The topological polar surface area (TPSA) is 70.1 Å². The maximum absolute atomic E-state index is 11.5. The van der Waals surface area contributed by atoms with Gasteiger partial charge in [-0.05, 0) is 12.8 Å². The van der Waals surface area contributed by atoms with Crippen molar-refractivity contribution in [3.63, 3.8) is 0 Å². The first-order valence-corrected chi connectivity index (χ1v) is 5.10. The molecule has 0 fully saturated rings. The molecule has 1 aliphatic heterocycles. The highest BCUT2D eigenvalue weighted by Crippen LogP contribution is 2.27. The van der Waals surface area contributed by atoms with Crippen LogP contribution >= 0.6 is 0 Å². The van der Waals surface area contributed by atoms with Gasteiger partial charge in [-0.1, -0.05) is 0 Å². The minimum absolute atomic E-state index is 0.204. The van der Waals surface area contributed by atoms with Gasteiger partial charge in [0.05, 0.1) is 12.8 Å². The zero-order valence-corrected chi connectivity index (χ0v) is 8.77. The maximum atomic E-state index is 11.5. The lowest BCUT2D eigenvalue weighted by atomic mass is 9.99. The molecule has 0 spiro atoms. The summed E-state index contributed by atoms with van der Waals surface area (Å²) in [6, 6.07) is 0. The molecule has 15 heavy (non-hydrogen) atoms. The first-order valence-electron chi connectivity index (χ1n) is 5.10. The number of ether oxygens (including phenoxy) is 1. The average Bonchev–Trinajstić information content (AvgIpc) is 2.70. The second-order valence-corrected chi connectivity index (χ2v) is 3.71. The van der Waals surface area contributed by atoms with E-state index >= 15 is 0 Å². The molecule has 0 amide bonds. The van der Waals surface area contributed by atoms with Crippen LogP contribution < -0.4 is 5.73 Å². The summed E-state index contributed by atoms with van der Waals surface area (Å²) in [5.74, 6) is 0.378. The molecule has 2 N–H and O–H groups in total. The second-order valence-electron chi connectivity index (χ2n) is 3.71. The number of hydrogen-bond acceptors (Lipinski definition) is 4. The first kappa shape index (κ1) is 10.2. The van der Waals surface area contributed by atoms with Crippen molar-refractivity contribution in [1.29, 1.82) is 0 Å². The largest absolute Gasteiger partial charge is 0.468 e. The van der Waals surface area contributed by atoms with E-state index in [1.165, 1.54) is 7.11 Å². The highest BCUT2D eigenvalue weighted by Gasteiger charge is 2.29. The Balaban J connectivity index is 2.33. The Kier molecular flexibility index (Phi) is 2.73. The van der Waals surface area contributed by atoms with Crippen molar-refractivity contribution in [2.45, 2.75) is 31.8 Å². The summed E-state index contributed by atoms with van der Waals surface area (Å²) in [5.41, 5.74) is 6.36. The van der Waals surface area contributed by atoms with E-state index in [4.69, 9.17) is 10.5 Å². The molecule has 1 aliphatic rings. The summed E-state index contributed by atoms with van der Waals surface area (Å²) in [4.78, 5) is 15.9. The molecular formula is C10H15N3O2. The van der Waals surface area contributed by atoms with Gasteiger partial charge in [0.25, 0.3) is 0 Å². The molecule has 2 rings (SSSR count). The fourth-order valence-electron chi connectivity index (χ4n) is 2.00. The number of nitrogens with zero attached hydrogens (tertiary/aromatic N) is 2. The number of methoxy groups -OCH3 is 1. The molecule has 0 saturated carbocycles. The summed E-state index contributed by atoms with van der Waals surface area (Å²) in [6.07, 6.45) is 3.71. The number of aromatic nitrogens is 2. The lowest BCUT2D eigenvalue weighted by Crippen LogP contribution is -2.23. The Hall–Kier alpha value is -1.36. The highest BCUT2D eigenvalue weighted by atomic mass is 16.5. The minimum Gasteiger partial charge on any atom is -0.468 e. The molecule has 1 atom stereocenters. The third kappa shape index (κ3) is 1.74. The van der Waals surface area contributed by atoms with Crippen molar-refractivity contribution in [2.24, 2.45) is 5.73 Å². The predicted octanol–water partition coefficient (Wildman–Crippen LogP) is 0.392. The van der Waals surface area contributed by atoms with Gasteiger partial charge in [-0.2, -0.15) is 0 Å². The van der Waals surface area contributed by atoms with Crippen LogP contribution in [0.5, 0.6) is 0 Å². The molecule has 1 unspecified atom stereocenters. The van der Waals surface area contributed by atoms with Crippen molar-refractivity contribution < 1.29 is 9.53 Å². The summed E-state index contributed by atoms with van der Waals surface area (Å²) < 4.78 is 6.77. The van der Waals surface area contributed by atoms with Gasteiger partial charge >= 0.3 is 5.97 Å². The number of nitrogens with two attached hydrogens (primary N) is 1. The van der Waals surface area contributed by atoms with E-state index in [2.05, 4.69) is 4.98 Å². The van der Waals surface area contributed by atoms with Crippen molar-refractivity contribution in [1.82, 2.24) is 9.55 Å². The Morgan fingerprint density at radius 1 is 1.80 bits per heavy atom. The van der Waals surface area contributed by atoms with Gasteiger partial charge in [-0.25, -0.2) is 4.98 Å². The van der Waals surface area contributed by atoms with Crippen LogP contribution in [0, 0.1) is 0 Å². The average molecular weight is 209 g/mol. The van der Waals surface area contributed by atoms with Crippen LogP contribution in [0.1, 0.15) is 30.3 Å². The number of carbonyl (C=O) groups is 1. The van der Waals surface area contributed by atoms with Gasteiger partial charge in [0.2, 0.25) is 0 Å². The van der Waals surface area contributed by atoms with Gasteiger partial charge < -0.3 is 15.0 Å². The highest BCUT2D eigenvalue weighted by molar-refractivity contribution is 5.77. The van der Waals surface area contributed by atoms with E-state index < -0.39 is 0 Å². The minimum atomic E-state index is -0.218. The van der Waals surface area contributed by atoms with Crippen molar-refractivity contribution in [3.8, 4) is 0 Å². The maximum Gasteiger partial charge on any atom is 0.316 e. The molecule has 5 nitrogen and oxygen atoms in total. The summed E-state index contributed by atoms with van der Waals surface area (Å²) >= 11 is 0. The third-order valence-corrected chi connectivity index (χ3v) is 2.76. The monoisotopic (exact) mass is 209 g/mol. The summed E-state index contributed by atoms with van der Waals surface area (Å²) in [5, 5.41) is 0. The zero-order valence-electron chi connectivity index (χ0n) is 8.77. The van der Waals surface area contributed by atoms with Crippen LogP contribution in [0.2, 0.25) is 0 Å². The Morgan fingerprint density at radius 2 is 2.60 bits per heavy atom. The lowest BCUT2D eigenvalue weighted by Gasteiger charge is -2.20. The Bertz CT molecular complexity index is 373. The lowest BCUT2D eigenvalue weighted by molar-refractivity contribution is -0.143. The predicted molar refractivity (Wildman–Crippen MR) is 54.1 cm³/mol. The SMILES string of the molecule is COC(=O)C1CCCn2cc(CN)nc21. The fraction of sp³-hybridized carbons (Fsp3) is 0.600. The summed E-state index contributed by atoms with van der Waals surface area (Å²) in [6.45, 7) is 1.32. The number of fused-ring (bicyclic) bond motifs is 1. The van der Waals surface area contributed by atoms with Gasteiger partial charge in [-0.3, -0.25) is 4.79 Å². The van der Waals surface area contributed by atoms with E-state index in [0.717, 1.165) is 30.9 Å². The number of imidazole rings is 1. The van der Waals surface area contributed by atoms with E-state index in [1.54, 1.807) is 0 Å². The van der Waals surface area contributed by atoms with Crippen molar-refractivity contribution in [3.05, 3.63) is 17.7 Å². The van der Waals surface area contributed by atoms with Crippen LogP contribution in [-0.4, -0.2) is 22.6 Å². The summed E-state index contributed by atoms with van der Waals surface area (Å²) in [7, 11) is 1.41. The molecule has 82 valence electrons. The first-order chi connectivity index (χ1) is 7.26. The molecule has 0 radical (unpaired) electrons. The standard InChI is InChI=1S/C10H15N3O2/c1-15-10(14)8-3-2-4-13-6-7(5-11)12-9(8)13/h6,8H,2-5,11H2,1H3. The number of carbonyl (C=O) groups excluding carboxylic acids is 1. The molecule has 1 aromatic rings. The molecule has 0 aromatic carbocycles. The van der Waals surface area contributed by atoms with E-state index in [0.29, 0.717) is 6.54 Å². The normalized spacial score (nSPS) is 19.7. The van der Waals surface area contributed by atoms with Crippen LogP contribution in [0.25, 0.3) is 0 Å². The molecule has 2 heterocycles. The van der Waals surface area contributed by atoms with Crippen LogP contribution in [-0.2, 0) is 22.6 Å². The van der Waals surface area contributed by atoms with Gasteiger partial charge in [0.1, 0.15) is 11.7 Å². The van der Waals surface area contributed by atoms with Gasteiger partial charge in [0, 0.05) is 19.3 Å². The Labute approximate surface area is 88.2 Å². The molecule has 0 saturated heterocycles. The van der Waals surface area contributed by atoms with Crippen molar-refractivity contribution >= 4 is 5.97 Å². The van der Waals surface area contributed by atoms with E-state index in [1.807, 2.05) is 10.8 Å². The van der Waals surface area contributed by atoms with Crippen LogP contribution in [0.4, 0.5) is 0 Å². The number of esters is 1. The zero-order chi connectivity index (χ0) is 10.8. The number of hydrogen-bond donors (Lipinski definition) is 1. The molecule has 5 heteroatoms. The van der Waals surface area contributed by atoms with E-state index in [-0.39, 0.29) is 11.9 Å². The van der Waals surface area contributed by atoms with Crippen molar-refractivity contribution in [2.75, 3.05) is 7.11 Å². The van der Waals surface area contributed by atoms with Crippen LogP contribution in [0.15, 0.2) is 6.20 Å². The number of rotatable bonds is 2. The smallest absolute Gasteiger partial charge is 0.316 e. The van der Waals surface area contributed by atoms with Gasteiger partial charge in [-0.15, -0.1) is 0 Å². The molecule has 1 aromatic heterocycles. The Morgan fingerprint density at radius 3 is 3.27 bits per heavy atom. The van der Waals surface area contributed by atoms with Crippen LogP contribution in [0.3, 0.4) is 0 Å². The quantitative estimate of drug-likeness (QED) is 0.715. The van der Waals surface area contributed by atoms with E-state index in [9.17, 15) is 4.79 Å². The van der Waals surface area contributed by atoms with Gasteiger partial charge in [0.15, 0.2) is 0 Å². The third-order valence-electron chi connectivity index (χ3n) is 2.76. The molecule has 0 aliphatic carbocycles. The molecule has 0 bridgehead atoms. The molecular weight excluding hydrogens is 194 g/mol.